The zero-order valence-corrected chi connectivity index (χ0v) is 23.2. The molecule has 1 aliphatic heterocycles. The number of amides is 1. The molecule has 0 saturated heterocycles. The molecule has 1 amide bonds. The van der Waals surface area contributed by atoms with Gasteiger partial charge in [-0.15, -0.1) is 0 Å². The number of fused-ring (bicyclic) bond motifs is 1. The average Bonchev–Trinajstić information content (AvgIpc) is 2.95. The number of anilines is 1. The molecule has 3 aromatic rings. The number of carboxylic acid groups (broad SMARTS) is 1. The van der Waals surface area contributed by atoms with Crippen LogP contribution in [0.1, 0.15) is 60.9 Å². The third-order valence-corrected chi connectivity index (χ3v) is 7.19. The van der Waals surface area contributed by atoms with Gasteiger partial charge >= 0.3 is 11.9 Å². The third-order valence-electron chi connectivity index (χ3n) is 7.19. The number of hydrogen-bond acceptors (Lipinski definition) is 6. The number of aliphatic carboxylic acids is 1. The molecule has 1 aliphatic rings. The lowest BCUT2D eigenvalue weighted by molar-refractivity contribution is -0.145. The monoisotopic (exact) mass is 544 g/mol. The number of nitrogens with zero attached hydrogens (tertiary/aromatic N) is 2. The number of aromatic nitrogens is 1. The van der Waals surface area contributed by atoms with Crippen LogP contribution in [0.15, 0.2) is 54.7 Å². The van der Waals surface area contributed by atoms with E-state index in [1.54, 1.807) is 6.20 Å². The molecular formula is C32H36N2O6. The van der Waals surface area contributed by atoms with Gasteiger partial charge in [0.1, 0.15) is 12.4 Å². The summed E-state index contributed by atoms with van der Waals surface area (Å²) in [6, 6.07) is 15.8. The maximum atomic E-state index is 13.2. The van der Waals surface area contributed by atoms with Gasteiger partial charge in [0.05, 0.1) is 12.3 Å². The van der Waals surface area contributed by atoms with E-state index in [4.69, 9.17) is 14.6 Å². The summed E-state index contributed by atoms with van der Waals surface area (Å²) in [5.41, 5.74) is 6.98. The highest BCUT2D eigenvalue weighted by Crippen LogP contribution is 2.35. The zero-order chi connectivity index (χ0) is 28.5. The van der Waals surface area contributed by atoms with Gasteiger partial charge < -0.3 is 19.5 Å². The summed E-state index contributed by atoms with van der Waals surface area (Å²) in [6.07, 6.45) is 4.84. The number of rotatable bonds is 12. The van der Waals surface area contributed by atoms with Crippen molar-refractivity contribution in [3.63, 3.8) is 0 Å². The smallest absolute Gasteiger partial charge is 0.306 e. The molecule has 40 heavy (non-hydrogen) atoms. The molecule has 0 saturated carbocycles. The van der Waals surface area contributed by atoms with Crippen molar-refractivity contribution < 1.29 is 29.0 Å². The van der Waals surface area contributed by atoms with Gasteiger partial charge in [-0.25, -0.2) is 0 Å². The molecule has 8 heteroatoms. The van der Waals surface area contributed by atoms with Crippen molar-refractivity contribution in [2.75, 3.05) is 18.1 Å². The first-order valence-electron chi connectivity index (χ1n) is 13.8. The van der Waals surface area contributed by atoms with Gasteiger partial charge in [-0.05, 0) is 80.0 Å². The summed E-state index contributed by atoms with van der Waals surface area (Å²) in [6.45, 7) is 5.33. The SMILES string of the molecule is Cc1cccc(OCCCC(=O)N2CCCc3c(-c4ccc(COC(=O)CCCC(=O)O)nc4)cccc32)c1C. The summed E-state index contributed by atoms with van der Waals surface area (Å²) >= 11 is 0. The standard InChI is InChI=1S/C32H36N2O6/c1-22-8-3-12-29(23(22)2)39-19-7-13-30(35)34-18-6-10-27-26(9-4-11-28(27)34)24-16-17-25(33-20-24)21-40-32(38)15-5-14-31(36)37/h3-4,8-9,11-12,16-17,20H,5-7,10,13-15,18-19,21H2,1-2H3,(H,36,37). The molecule has 0 atom stereocenters. The number of carbonyl (C=O) groups is 3. The van der Waals surface area contributed by atoms with Gasteiger partial charge in [0.2, 0.25) is 5.91 Å². The van der Waals surface area contributed by atoms with Crippen molar-refractivity contribution in [2.24, 2.45) is 0 Å². The van der Waals surface area contributed by atoms with E-state index in [1.165, 1.54) is 5.56 Å². The topological polar surface area (TPSA) is 106 Å². The van der Waals surface area contributed by atoms with Crippen LogP contribution in [0.5, 0.6) is 5.75 Å². The van der Waals surface area contributed by atoms with Gasteiger partial charge in [-0.1, -0.05) is 30.3 Å². The normalized spacial score (nSPS) is 12.5. The van der Waals surface area contributed by atoms with E-state index in [0.29, 0.717) is 31.7 Å². The van der Waals surface area contributed by atoms with Crippen LogP contribution in [0.3, 0.4) is 0 Å². The van der Waals surface area contributed by atoms with Crippen molar-refractivity contribution in [1.29, 1.82) is 0 Å². The van der Waals surface area contributed by atoms with E-state index in [-0.39, 0.29) is 31.8 Å². The van der Waals surface area contributed by atoms with Crippen LogP contribution in [-0.2, 0) is 32.1 Å². The number of benzene rings is 2. The van der Waals surface area contributed by atoms with Crippen LogP contribution in [0.4, 0.5) is 5.69 Å². The molecule has 8 nitrogen and oxygen atoms in total. The predicted molar refractivity (Wildman–Crippen MR) is 152 cm³/mol. The molecule has 210 valence electrons. The highest BCUT2D eigenvalue weighted by molar-refractivity contribution is 5.96. The maximum absolute atomic E-state index is 13.2. The first kappa shape index (κ1) is 28.8. The highest BCUT2D eigenvalue weighted by Gasteiger charge is 2.24. The van der Waals surface area contributed by atoms with Crippen LogP contribution in [-0.4, -0.2) is 41.1 Å². The molecule has 0 fully saturated rings. The molecule has 1 aromatic heterocycles. The number of esters is 1. The van der Waals surface area contributed by atoms with E-state index >= 15 is 0 Å². The van der Waals surface area contributed by atoms with Crippen molar-refractivity contribution >= 4 is 23.5 Å². The summed E-state index contributed by atoms with van der Waals surface area (Å²) < 4.78 is 11.2. The Hall–Kier alpha value is -4.20. The molecule has 0 bridgehead atoms. The number of aryl methyl sites for hydroxylation is 1. The summed E-state index contributed by atoms with van der Waals surface area (Å²) in [5, 5.41) is 8.68. The Morgan fingerprint density at radius 1 is 0.975 bits per heavy atom. The third kappa shape index (κ3) is 7.46. The van der Waals surface area contributed by atoms with Crippen molar-refractivity contribution in [1.82, 2.24) is 4.98 Å². The van der Waals surface area contributed by atoms with Crippen molar-refractivity contribution in [3.8, 4) is 16.9 Å². The van der Waals surface area contributed by atoms with E-state index in [1.807, 2.05) is 54.3 Å². The lowest BCUT2D eigenvalue weighted by atomic mass is 9.92. The summed E-state index contributed by atoms with van der Waals surface area (Å²) in [4.78, 5) is 42.0. The van der Waals surface area contributed by atoms with E-state index in [9.17, 15) is 14.4 Å². The minimum atomic E-state index is -0.931. The molecule has 2 aromatic carbocycles. The van der Waals surface area contributed by atoms with Crippen molar-refractivity contribution in [3.05, 3.63) is 77.1 Å². The Morgan fingerprint density at radius 3 is 2.58 bits per heavy atom. The number of hydrogen-bond donors (Lipinski definition) is 1. The lowest BCUT2D eigenvalue weighted by Gasteiger charge is -2.31. The van der Waals surface area contributed by atoms with Gasteiger partial charge in [-0.3, -0.25) is 19.4 Å². The molecule has 0 spiro atoms. The Balaban J connectivity index is 1.34. The first-order valence-corrected chi connectivity index (χ1v) is 13.8. The zero-order valence-electron chi connectivity index (χ0n) is 23.2. The molecule has 0 radical (unpaired) electrons. The second-order valence-electron chi connectivity index (χ2n) is 10.0. The lowest BCUT2D eigenvalue weighted by Crippen LogP contribution is -2.35. The molecule has 1 N–H and O–H groups in total. The molecule has 0 aliphatic carbocycles. The largest absolute Gasteiger partial charge is 0.493 e. The quantitative estimate of drug-likeness (QED) is 0.227. The van der Waals surface area contributed by atoms with E-state index < -0.39 is 11.9 Å². The first-order chi connectivity index (χ1) is 19.3. The van der Waals surface area contributed by atoms with Gasteiger partial charge in [0, 0.05) is 43.3 Å². The van der Waals surface area contributed by atoms with Crippen LogP contribution in [0.25, 0.3) is 11.1 Å². The van der Waals surface area contributed by atoms with Crippen LogP contribution in [0.2, 0.25) is 0 Å². The number of carbonyl (C=O) groups excluding carboxylic acids is 2. The fourth-order valence-corrected chi connectivity index (χ4v) is 4.85. The predicted octanol–water partition coefficient (Wildman–Crippen LogP) is 5.80. The fraction of sp³-hybridized carbons (Fsp3) is 0.375. The van der Waals surface area contributed by atoms with E-state index in [0.717, 1.165) is 46.5 Å². The average molecular weight is 545 g/mol. The van der Waals surface area contributed by atoms with Gasteiger partial charge in [-0.2, -0.15) is 0 Å². The van der Waals surface area contributed by atoms with Gasteiger partial charge in [0.15, 0.2) is 0 Å². The highest BCUT2D eigenvalue weighted by atomic mass is 16.5. The Labute approximate surface area is 234 Å². The maximum Gasteiger partial charge on any atom is 0.306 e. The number of ether oxygens (including phenoxy) is 2. The Kier molecular flexibility index (Phi) is 9.89. The van der Waals surface area contributed by atoms with Crippen LogP contribution >= 0.6 is 0 Å². The second-order valence-corrected chi connectivity index (χ2v) is 10.0. The minimum absolute atomic E-state index is 0.0362. The summed E-state index contributed by atoms with van der Waals surface area (Å²) in [5.74, 6) is -0.403. The summed E-state index contributed by atoms with van der Waals surface area (Å²) in [7, 11) is 0. The minimum Gasteiger partial charge on any atom is -0.493 e. The Morgan fingerprint density at radius 2 is 1.80 bits per heavy atom. The molecule has 2 heterocycles. The molecule has 0 unspecified atom stereocenters. The van der Waals surface area contributed by atoms with Crippen molar-refractivity contribution in [2.45, 2.75) is 65.4 Å². The van der Waals surface area contributed by atoms with Gasteiger partial charge in [0.25, 0.3) is 0 Å². The van der Waals surface area contributed by atoms with E-state index in [2.05, 4.69) is 18.0 Å². The van der Waals surface area contributed by atoms with Crippen LogP contribution in [0, 0.1) is 13.8 Å². The Bertz CT molecular complexity index is 1350. The van der Waals surface area contributed by atoms with Crippen LogP contribution < -0.4 is 9.64 Å². The molecular weight excluding hydrogens is 508 g/mol. The second kappa shape index (κ2) is 13.7. The number of pyridine rings is 1. The fourth-order valence-electron chi connectivity index (χ4n) is 4.85. The molecule has 4 rings (SSSR count). The number of carboxylic acids is 1.